The van der Waals surface area contributed by atoms with E-state index in [2.05, 4.69) is 10.3 Å². The SMILES string of the molecule is Nc1ccc(O)c(CNc2cc(C(F)(F)F)ccn2)c1. The number of nitrogens with two attached hydrogens (primary N) is 1. The monoisotopic (exact) mass is 283 g/mol. The first-order valence-electron chi connectivity index (χ1n) is 5.71. The normalized spacial score (nSPS) is 11.3. The van der Waals surface area contributed by atoms with Gasteiger partial charge in [-0.3, -0.25) is 0 Å². The number of phenols is 1. The van der Waals surface area contributed by atoms with E-state index >= 15 is 0 Å². The molecule has 20 heavy (non-hydrogen) atoms. The Balaban J connectivity index is 2.13. The number of nitrogens with one attached hydrogen (secondary N) is 1. The minimum Gasteiger partial charge on any atom is -0.508 e. The summed E-state index contributed by atoms with van der Waals surface area (Å²) in [5, 5.41) is 12.3. The molecule has 2 rings (SSSR count). The molecule has 2 aromatic rings. The lowest BCUT2D eigenvalue weighted by Crippen LogP contribution is -2.08. The number of benzene rings is 1. The van der Waals surface area contributed by atoms with Crippen LogP contribution in [0.5, 0.6) is 5.75 Å². The maximum Gasteiger partial charge on any atom is 0.416 e. The maximum atomic E-state index is 12.5. The molecule has 0 radical (unpaired) electrons. The summed E-state index contributed by atoms with van der Waals surface area (Å²) in [6.07, 6.45) is -3.34. The molecule has 0 atom stereocenters. The zero-order valence-corrected chi connectivity index (χ0v) is 10.3. The second kappa shape index (κ2) is 5.28. The first-order valence-corrected chi connectivity index (χ1v) is 5.71. The van der Waals surface area contributed by atoms with Crippen LogP contribution in [0.15, 0.2) is 36.5 Å². The summed E-state index contributed by atoms with van der Waals surface area (Å²) in [4.78, 5) is 3.80. The Labute approximate surface area is 113 Å². The highest BCUT2D eigenvalue weighted by molar-refractivity contribution is 5.49. The Kier molecular flexibility index (Phi) is 3.69. The van der Waals surface area contributed by atoms with E-state index in [9.17, 15) is 18.3 Å². The Morgan fingerprint density at radius 1 is 1.20 bits per heavy atom. The number of aromatic nitrogens is 1. The Morgan fingerprint density at radius 2 is 1.95 bits per heavy atom. The Morgan fingerprint density at radius 3 is 2.65 bits per heavy atom. The third-order valence-corrected chi connectivity index (χ3v) is 2.65. The van der Waals surface area contributed by atoms with Gasteiger partial charge in [-0.05, 0) is 30.3 Å². The summed E-state index contributed by atoms with van der Waals surface area (Å²) >= 11 is 0. The van der Waals surface area contributed by atoms with Crippen LogP contribution in [0.2, 0.25) is 0 Å². The van der Waals surface area contributed by atoms with Crippen molar-refractivity contribution in [3.05, 3.63) is 47.7 Å². The van der Waals surface area contributed by atoms with Crippen molar-refractivity contribution in [2.75, 3.05) is 11.1 Å². The van der Waals surface area contributed by atoms with Gasteiger partial charge in [0.2, 0.25) is 0 Å². The molecule has 7 heteroatoms. The number of halogens is 3. The van der Waals surface area contributed by atoms with Gasteiger partial charge >= 0.3 is 6.18 Å². The molecule has 0 aliphatic carbocycles. The lowest BCUT2D eigenvalue weighted by atomic mass is 10.1. The van der Waals surface area contributed by atoms with Crippen LogP contribution < -0.4 is 11.1 Å². The van der Waals surface area contributed by atoms with Gasteiger partial charge in [0.1, 0.15) is 11.6 Å². The molecule has 1 aromatic heterocycles. The number of alkyl halides is 3. The van der Waals surface area contributed by atoms with Crippen LogP contribution in [-0.4, -0.2) is 10.1 Å². The zero-order valence-electron chi connectivity index (χ0n) is 10.3. The number of hydrogen-bond acceptors (Lipinski definition) is 4. The molecule has 0 unspecified atom stereocenters. The van der Waals surface area contributed by atoms with Crippen LogP contribution in [0, 0.1) is 0 Å². The summed E-state index contributed by atoms with van der Waals surface area (Å²) < 4.78 is 37.6. The van der Waals surface area contributed by atoms with Gasteiger partial charge in [0.15, 0.2) is 0 Å². The average molecular weight is 283 g/mol. The van der Waals surface area contributed by atoms with Crippen molar-refractivity contribution >= 4 is 11.5 Å². The highest BCUT2D eigenvalue weighted by atomic mass is 19.4. The van der Waals surface area contributed by atoms with Crippen molar-refractivity contribution in [3.63, 3.8) is 0 Å². The number of nitrogen functional groups attached to an aromatic ring is 1. The van der Waals surface area contributed by atoms with E-state index in [-0.39, 0.29) is 18.1 Å². The van der Waals surface area contributed by atoms with E-state index < -0.39 is 11.7 Å². The second-order valence-corrected chi connectivity index (χ2v) is 4.17. The summed E-state index contributed by atoms with van der Waals surface area (Å²) in [5.74, 6) is 0.0836. The summed E-state index contributed by atoms with van der Waals surface area (Å²) in [6.45, 7) is 0.116. The Hall–Kier alpha value is -2.44. The molecule has 4 N–H and O–H groups in total. The van der Waals surface area contributed by atoms with Crippen molar-refractivity contribution in [3.8, 4) is 5.75 Å². The van der Waals surface area contributed by atoms with Crippen LogP contribution in [0.4, 0.5) is 24.7 Å². The standard InChI is InChI=1S/C13H12F3N3O/c14-13(15,16)9-3-4-18-12(6-9)19-7-8-5-10(17)1-2-11(8)20/h1-6,20H,7,17H2,(H,18,19). The van der Waals surface area contributed by atoms with Crippen molar-refractivity contribution in [1.29, 1.82) is 0 Å². The van der Waals surface area contributed by atoms with E-state index in [1.807, 2.05) is 0 Å². The molecule has 0 aliphatic rings. The van der Waals surface area contributed by atoms with Crippen LogP contribution >= 0.6 is 0 Å². The average Bonchev–Trinajstić information content (AvgIpc) is 2.39. The summed E-state index contributed by atoms with van der Waals surface area (Å²) in [6, 6.07) is 6.29. The number of anilines is 2. The van der Waals surface area contributed by atoms with E-state index in [0.29, 0.717) is 11.3 Å². The van der Waals surface area contributed by atoms with Gasteiger partial charge in [0.25, 0.3) is 0 Å². The van der Waals surface area contributed by atoms with Crippen LogP contribution in [0.25, 0.3) is 0 Å². The summed E-state index contributed by atoms with van der Waals surface area (Å²) in [7, 11) is 0. The quantitative estimate of drug-likeness (QED) is 0.598. The van der Waals surface area contributed by atoms with Crippen LogP contribution in [-0.2, 0) is 12.7 Å². The predicted octanol–water partition coefficient (Wildman–Crippen LogP) is 3.00. The third kappa shape index (κ3) is 3.31. The molecular formula is C13H12F3N3O. The highest BCUT2D eigenvalue weighted by Crippen LogP contribution is 2.30. The molecule has 1 heterocycles. The fourth-order valence-corrected chi connectivity index (χ4v) is 1.64. The van der Waals surface area contributed by atoms with E-state index in [1.165, 1.54) is 18.2 Å². The molecule has 0 fully saturated rings. The van der Waals surface area contributed by atoms with E-state index in [1.54, 1.807) is 0 Å². The smallest absolute Gasteiger partial charge is 0.416 e. The molecule has 0 bridgehead atoms. The molecule has 0 saturated heterocycles. The number of phenolic OH excluding ortho intramolecular Hbond substituents is 1. The molecule has 1 aromatic carbocycles. The minimum atomic E-state index is -4.42. The molecular weight excluding hydrogens is 271 g/mol. The number of nitrogens with zero attached hydrogens (tertiary/aromatic N) is 1. The van der Waals surface area contributed by atoms with Crippen molar-refractivity contribution in [2.45, 2.75) is 12.7 Å². The van der Waals surface area contributed by atoms with E-state index in [4.69, 9.17) is 5.73 Å². The van der Waals surface area contributed by atoms with Crippen LogP contribution in [0.3, 0.4) is 0 Å². The number of aromatic hydroxyl groups is 1. The van der Waals surface area contributed by atoms with Crippen LogP contribution in [0.1, 0.15) is 11.1 Å². The number of pyridine rings is 1. The van der Waals surface area contributed by atoms with Gasteiger partial charge in [0.05, 0.1) is 5.56 Å². The van der Waals surface area contributed by atoms with Gasteiger partial charge in [-0.25, -0.2) is 4.98 Å². The van der Waals surface area contributed by atoms with Crippen molar-refractivity contribution in [2.24, 2.45) is 0 Å². The fraction of sp³-hybridized carbons (Fsp3) is 0.154. The molecule has 0 aliphatic heterocycles. The van der Waals surface area contributed by atoms with Crippen molar-refractivity contribution in [1.82, 2.24) is 4.98 Å². The molecule has 4 nitrogen and oxygen atoms in total. The largest absolute Gasteiger partial charge is 0.508 e. The first-order chi connectivity index (χ1) is 9.36. The van der Waals surface area contributed by atoms with Gasteiger partial charge in [-0.1, -0.05) is 0 Å². The zero-order chi connectivity index (χ0) is 14.8. The Bertz CT molecular complexity index is 614. The first kappa shape index (κ1) is 14.0. The molecule has 0 amide bonds. The van der Waals surface area contributed by atoms with Gasteiger partial charge in [0, 0.05) is 24.0 Å². The van der Waals surface area contributed by atoms with Gasteiger partial charge < -0.3 is 16.2 Å². The lowest BCUT2D eigenvalue weighted by molar-refractivity contribution is -0.137. The second-order valence-electron chi connectivity index (χ2n) is 4.17. The number of hydrogen-bond donors (Lipinski definition) is 3. The minimum absolute atomic E-state index is 0.0127. The molecule has 0 spiro atoms. The highest BCUT2D eigenvalue weighted by Gasteiger charge is 2.30. The number of rotatable bonds is 3. The van der Waals surface area contributed by atoms with Gasteiger partial charge in [-0.15, -0.1) is 0 Å². The lowest BCUT2D eigenvalue weighted by Gasteiger charge is -2.11. The maximum absolute atomic E-state index is 12.5. The molecule has 0 saturated carbocycles. The topological polar surface area (TPSA) is 71.2 Å². The summed E-state index contributed by atoms with van der Waals surface area (Å²) in [5.41, 5.74) is 5.72. The predicted molar refractivity (Wildman–Crippen MR) is 69.1 cm³/mol. The van der Waals surface area contributed by atoms with E-state index in [0.717, 1.165) is 18.3 Å². The van der Waals surface area contributed by atoms with Gasteiger partial charge in [-0.2, -0.15) is 13.2 Å². The third-order valence-electron chi connectivity index (χ3n) is 2.65. The molecule has 106 valence electrons. The van der Waals surface area contributed by atoms with Crippen molar-refractivity contribution < 1.29 is 18.3 Å². The fourth-order valence-electron chi connectivity index (χ4n) is 1.64.